The molecule has 4 heteroatoms. The van der Waals surface area contributed by atoms with Gasteiger partial charge in [0.25, 0.3) is 5.91 Å². The molecule has 0 fully saturated rings. The van der Waals surface area contributed by atoms with E-state index >= 15 is 0 Å². The van der Waals surface area contributed by atoms with Crippen LogP contribution in [0.4, 0.5) is 0 Å². The maximum absolute atomic E-state index is 12.9. The van der Waals surface area contributed by atoms with Crippen LogP contribution in [-0.4, -0.2) is 37.3 Å². The van der Waals surface area contributed by atoms with Crippen LogP contribution < -0.4 is 4.74 Å². The predicted molar refractivity (Wildman–Crippen MR) is 109 cm³/mol. The Morgan fingerprint density at radius 1 is 0.893 bits per heavy atom. The molecule has 1 aliphatic rings. The summed E-state index contributed by atoms with van der Waals surface area (Å²) in [5, 5.41) is 0. The summed E-state index contributed by atoms with van der Waals surface area (Å²) < 4.78 is 5.37. The molecule has 0 aromatic heterocycles. The molecule has 0 spiro atoms. The number of rotatable bonds is 5. The minimum absolute atomic E-state index is 0.0167. The van der Waals surface area contributed by atoms with Gasteiger partial charge in [-0.3, -0.25) is 9.59 Å². The number of carbonyl (C=O) groups excluding carboxylic acids is 2. The molecule has 4 rings (SSSR count). The van der Waals surface area contributed by atoms with Crippen LogP contribution in [0.2, 0.25) is 0 Å². The molecule has 0 N–H and O–H groups in total. The molecule has 28 heavy (non-hydrogen) atoms. The lowest BCUT2D eigenvalue weighted by molar-refractivity contribution is 0.0796. The van der Waals surface area contributed by atoms with Crippen molar-refractivity contribution in [2.24, 2.45) is 0 Å². The first kappa shape index (κ1) is 18.0. The largest absolute Gasteiger partial charge is 0.496 e. The van der Waals surface area contributed by atoms with E-state index in [4.69, 9.17) is 4.74 Å². The molecular weight excluding hydrogens is 350 g/mol. The van der Waals surface area contributed by atoms with Crippen molar-refractivity contribution in [3.63, 3.8) is 0 Å². The van der Waals surface area contributed by atoms with Crippen LogP contribution in [0.15, 0.2) is 66.7 Å². The molecule has 4 nitrogen and oxygen atoms in total. The van der Waals surface area contributed by atoms with Gasteiger partial charge in [-0.1, -0.05) is 48.5 Å². The van der Waals surface area contributed by atoms with Crippen molar-refractivity contribution in [2.45, 2.75) is 6.42 Å². The van der Waals surface area contributed by atoms with E-state index in [1.807, 2.05) is 54.6 Å². The van der Waals surface area contributed by atoms with Crippen molar-refractivity contribution in [1.82, 2.24) is 4.90 Å². The Morgan fingerprint density at radius 2 is 1.57 bits per heavy atom. The molecular formula is C24H21NO3. The van der Waals surface area contributed by atoms with Crippen LogP contribution >= 0.6 is 0 Å². The molecule has 3 aromatic rings. The first-order valence-corrected chi connectivity index (χ1v) is 9.25. The van der Waals surface area contributed by atoms with Gasteiger partial charge >= 0.3 is 0 Å². The summed E-state index contributed by atoms with van der Waals surface area (Å²) in [6, 6.07) is 20.8. The van der Waals surface area contributed by atoms with Gasteiger partial charge < -0.3 is 9.64 Å². The second-order valence-electron chi connectivity index (χ2n) is 6.92. The summed E-state index contributed by atoms with van der Waals surface area (Å²) in [6.07, 6.45) is 0.696. The van der Waals surface area contributed by atoms with Gasteiger partial charge in [-0.2, -0.15) is 0 Å². The lowest BCUT2D eigenvalue weighted by Crippen LogP contribution is -2.29. The van der Waals surface area contributed by atoms with E-state index in [9.17, 15) is 9.59 Å². The number of hydrogen-bond acceptors (Lipinski definition) is 3. The molecule has 3 aromatic carbocycles. The molecule has 0 bridgehead atoms. The zero-order valence-corrected chi connectivity index (χ0v) is 15.9. The highest BCUT2D eigenvalue weighted by atomic mass is 16.5. The van der Waals surface area contributed by atoms with E-state index in [1.165, 1.54) is 0 Å². The fraction of sp³-hybridized carbons (Fsp3) is 0.167. The number of benzene rings is 3. The van der Waals surface area contributed by atoms with E-state index in [0.29, 0.717) is 29.7 Å². The summed E-state index contributed by atoms with van der Waals surface area (Å²) in [4.78, 5) is 27.2. The molecule has 0 unspecified atom stereocenters. The normalized spacial score (nSPS) is 11.7. The number of ketones is 1. The Hall–Kier alpha value is -3.40. The van der Waals surface area contributed by atoms with Crippen molar-refractivity contribution in [1.29, 1.82) is 0 Å². The number of likely N-dealkylation sites (N-methyl/N-ethyl adjacent to an activating group) is 1. The Kier molecular flexibility index (Phi) is 4.70. The molecule has 0 saturated carbocycles. The molecule has 0 atom stereocenters. The number of nitrogens with zero attached hydrogens (tertiary/aromatic N) is 1. The zero-order chi connectivity index (χ0) is 19.7. The van der Waals surface area contributed by atoms with Crippen molar-refractivity contribution < 1.29 is 14.3 Å². The van der Waals surface area contributed by atoms with Gasteiger partial charge in [0.1, 0.15) is 5.75 Å². The molecule has 1 aliphatic carbocycles. The third kappa shape index (κ3) is 3.07. The van der Waals surface area contributed by atoms with Crippen molar-refractivity contribution >= 4 is 11.7 Å². The van der Waals surface area contributed by atoms with Crippen LogP contribution in [0.25, 0.3) is 11.1 Å². The van der Waals surface area contributed by atoms with Crippen molar-refractivity contribution in [3.05, 3.63) is 89.0 Å². The number of para-hydroxylation sites is 1. The predicted octanol–water partition coefficient (Wildman–Crippen LogP) is 4.22. The number of methoxy groups -OCH3 is 1. The number of ether oxygens (including phenoxy) is 1. The number of fused-ring (bicyclic) bond motifs is 3. The second kappa shape index (κ2) is 7.31. The topological polar surface area (TPSA) is 46.6 Å². The SMILES string of the molecule is COc1ccccc1CCN(C)C(=O)c1ccc2c(c1)C(=O)c1ccccc1-2. The monoisotopic (exact) mass is 371 g/mol. The fourth-order valence-corrected chi connectivity index (χ4v) is 3.68. The minimum Gasteiger partial charge on any atom is -0.496 e. The fourth-order valence-electron chi connectivity index (χ4n) is 3.68. The van der Waals surface area contributed by atoms with Gasteiger partial charge in [0.05, 0.1) is 7.11 Å². The lowest BCUT2D eigenvalue weighted by atomic mass is 10.0. The lowest BCUT2D eigenvalue weighted by Gasteiger charge is -2.18. The van der Waals surface area contributed by atoms with Gasteiger partial charge in [0.2, 0.25) is 0 Å². The first-order valence-electron chi connectivity index (χ1n) is 9.25. The highest BCUT2D eigenvalue weighted by Gasteiger charge is 2.27. The van der Waals surface area contributed by atoms with Gasteiger partial charge in [-0.15, -0.1) is 0 Å². The van der Waals surface area contributed by atoms with Gasteiger partial charge in [-0.05, 0) is 41.3 Å². The van der Waals surface area contributed by atoms with E-state index < -0.39 is 0 Å². The molecule has 0 aliphatic heterocycles. The van der Waals surface area contributed by atoms with Gasteiger partial charge in [-0.25, -0.2) is 0 Å². The first-order chi connectivity index (χ1) is 13.6. The maximum Gasteiger partial charge on any atom is 0.253 e. The summed E-state index contributed by atoms with van der Waals surface area (Å²) >= 11 is 0. The summed E-state index contributed by atoms with van der Waals surface area (Å²) in [7, 11) is 3.43. The third-order valence-electron chi connectivity index (χ3n) is 5.23. The van der Waals surface area contributed by atoms with Crippen LogP contribution in [0.3, 0.4) is 0 Å². The summed E-state index contributed by atoms with van der Waals surface area (Å²) in [5.41, 5.74) is 4.73. The average Bonchev–Trinajstić information content (AvgIpc) is 3.03. The molecule has 0 radical (unpaired) electrons. The Bertz CT molecular complexity index is 1070. The number of carbonyl (C=O) groups is 2. The Labute approximate surface area is 164 Å². The van der Waals surface area contributed by atoms with Crippen LogP contribution in [-0.2, 0) is 6.42 Å². The van der Waals surface area contributed by atoms with Gasteiger partial charge in [0, 0.05) is 30.3 Å². The van der Waals surface area contributed by atoms with Crippen LogP contribution in [0.5, 0.6) is 5.75 Å². The van der Waals surface area contributed by atoms with Crippen LogP contribution in [0, 0.1) is 0 Å². The third-order valence-corrected chi connectivity index (χ3v) is 5.23. The minimum atomic E-state index is -0.0959. The highest BCUT2D eigenvalue weighted by Crippen LogP contribution is 2.36. The molecule has 140 valence electrons. The van der Waals surface area contributed by atoms with E-state index in [2.05, 4.69) is 0 Å². The standard InChI is InChI=1S/C24H21NO3/c1-25(14-13-16-7-3-6-10-22(16)28-2)24(27)17-11-12-19-18-8-4-5-9-20(18)23(26)21(19)15-17/h3-12,15H,13-14H2,1-2H3. The highest BCUT2D eigenvalue weighted by molar-refractivity contribution is 6.22. The zero-order valence-electron chi connectivity index (χ0n) is 15.9. The molecule has 0 saturated heterocycles. The summed E-state index contributed by atoms with van der Waals surface area (Å²) in [6.45, 7) is 0.560. The average molecular weight is 371 g/mol. The smallest absolute Gasteiger partial charge is 0.253 e. The number of amides is 1. The van der Waals surface area contributed by atoms with E-state index in [0.717, 1.165) is 22.4 Å². The second-order valence-corrected chi connectivity index (χ2v) is 6.92. The number of hydrogen-bond donors (Lipinski definition) is 0. The maximum atomic E-state index is 12.9. The van der Waals surface area contributed by atoms with E-state index in [1.54, 1.807) is 31.2 Å². The van der Waals surface area contributed by atoms with Crippen molar-refractivity contribution in [2.75, 3.05) is 20.7 Å². The quantitative estimate of drug-likeness (QED) is 0.528. The Balaban J connectivity index is 1.52. The van der Waals surface area contributed by atoms with Crippen LogP contribution in [0.1, 0.15) is 31.8 Å². The molecule has 1 amide bonds. The molecule has 0 heterocycles. The summed E-state index contributed by atoms with van der Waals surface area (Å²) in [5.74, 6) is 0.711. The van der Waals surface area contributed by atoms with Gasteiger partial charge in [0.15, 0.2) is 5.78 Å². The Morgan fingerprint density at radius 3 is 2.36 bits per heavy atom. The van der Waals surface area contributed by atoms with E-state index in [-0.39, 0.29) is 11.7 Å². The van der Waals surface area contributed by atoms with Crippen molar-refractivity contribution in [3.8, 4) is 16.9 Å².